The van der Waals surface area contributed by atoms with E-state index in [1.54, 1.807) is 28.1 Å². The number of aromatic nitrogens is 4. The minimum absolute atomic E-state index is 0.00189. The molecule has 316 valence electrons. The third kappa shape index (κ3) is 9.09. The summed E-state index contributed by atoms with van der Waals surface area (Å²) in [6.07, 6.45) is -2.48. The van der Waals surface area contributed by atoms with Gasteiger partial charge in [-0.15, -0.1) is 0 Å². The van der Waals surface area contributed by atoms with Crippen molar-refractivity contribution in [1.82, 2.24) is 19.5 Å². The van der Waals surface area contributed by atoms with Gasteiger partial charge in [-0.05, 0) is 59.1 Å². The number of benzene rings is 3. The Morgan fingerprint density at radius 3 is 2.02 bits per heavy atom. The van der Waals surface area contributed by atoms with Crippen LogP contribution in [0.3, 0.4) is 0 Å². The molecule has 2 N–H and O–H groups in total. The number of hydrogen-bond acceptors (Lipinski definition) is 12. The predicted molar refractivity (Wildman–Crippen MR) is 227 cm³/mol. The lowest BCUT2D eigenvalue weighted by Gasteiger charge is -2.41. The second-order valence-electron chi connectivity index (χ2n) is 16.1. The summed E-state index contributed by atoms with van der Waals surface area (Å²) >= 11 is 0. The largest absolute Gasteiger partial charge is 0.497 e. The number of anilines is 1. The van der Waals surface area contributed by atoms with Crippen LogP contribution in [0.15, 0.2) is 90.0 Å². The lowest BCUT2D eigenvalue weighted by molar-refractivity contribution is -0.118. The molecule has 0 saturated carbocycles. The van der Waals surface area contributed by atoms with Crippen LogP contribution in [0, 0.1) is 5.92 Å². The smallest absolute Gasteiger partial charge is 0.319 e. The van der Waals surface area contributed by atoms with Crippen LogP contribution in [0.1, 0.15) is 57.5 Å². The van der Waals surface area contributed by atoms with Crippen LogP contribution in [0.4, 0.5) is 5.95 Å². The minimum Gasteiger partial charge on any atom is -0.497 e. The van der Waals surface area contributed by atoms with Gasteiger partial charge in [0.15, 0.2) is 25.7 Å². The molecule has 0 radical (unpaired) electrons. The van der Waals surface area contributed by atoms with E-state index in [2.05, 4.69) is 54.1 Å². The molecule has 6 rings (SSSR count). The zero-order chi connectivity index (χ0) is 42.7. The molecule has 3 heterocycles. The quantitative estimate of drug-likeness (QED) is 0.0571. The third-order valence-electron chi connectivity index (χ3n) is 11.0. The fraction of sp³-hybridized carbons (Fsp3) is 0.429. The normalized spacial score (nSPS) is 19.2. The topological polar surface area (TPSA) is 174 Å². The summed E-state index contributed by atoms with van der Waals surface area (Å²) in [7, 11) is -1.20. The van der Waals surface area contributed by atoms with Crippen LogP contribution < -0.4 is 20.3 Å². The zero-order valence-corrected chi connectivity index (χ0v) is 37.1. The fourth-order valence-corrected chi connectivity index (χ4v) is 8.61. The van der Waals surface area contributed by atoms with Gasteiger partial charge in [0, 0.05) is 13.0 Å². The van der Waals surface area contributed by atoms with Crippen LogP contribution in [0.2, 0.25) is 18.1 Å². The van der Waals surface area contributed by atoms with Crippen LogP contribution in [0.5, 0.6) is 11.5 Å². The molecule has 1 aliphatic rings. The van der Waals surface area contributed by atoms with E-state index in [0.717, 1.165) is 16.7 Å². The SMILES string of the molecule is COc1ccc(C(OC[C@H]2O[C@@H](n3cnc4c(=O)[nH]c(NC(=O)C(C)C)nc43)[C@@H](O[PH](=O)OC)C2O[Si](C)(C)C(C)(C)C)(c2ccccc2)c2ccc(OC)cc2)cc1. The van der Waals surface area contributed by atoms with E-state index in [-0.39, 0.29) is 40.6 Å². The number of hydrogen-bond donors (Lipinski definition) is 2. The number of H-pyrrole nitrogens is 1. The van der Waals surface area contributed by atoms with Crippen molar-refractivity contribution in [3.63, 3.8) is 0 Å². The van der Waals surface area contributed by atoms with Crippen molar-refractivity contribution in [2.45, 2.75) is 82.9 Å². The Kier molecular flexibility index (Phi) is 13.3. The van der Waals surface area contributed by atoms with Gasteiger partial charge in [-0.25, -0.2) is 4.98 Å². The van der Waals surface area contributed by atoms with Gasteiger partial charge in [-0.1, -0.05) is 89.2 Å². The summed E-state index contributed by atoms with van der Waals surface area (Å²) < 4.78 is 58.7. The number of carbonyl (C=O) groups is 1. The van der Waals surface area contributed by atoms with Crippen molar-refractivity contribution in [1.29, 1.82) is 0 Å². The number of carbonyl (C=O) groups excluding carboxylic acids is 1. The maximum absolute atomic E-state index is 13.3. The van der Waals surface area contributed by atoms with E-state index in [1.807, 2.05) is 78.9 Å². The van der Waals surface area contributed by atoms with Crippen molar-refractivity contribution >= 4 is 39.6 Å². The number of imidazole rings is 1. The molecule has 5 aromatic rings. The number of ether oxygens (including phenoxy) is 4. The summed E-state index contributed by atoms with van der Waals surface area (Å²) in [6, 6.07) is 25.2. The van der Waals surface area contributed by atoms with Crippen molar-refractivity contribution in [2.24, 2.45) is 5.92 Å². The molecule has 1 aliphatic heterocycles. The average molecular weight is 848 g/mol. The summed E-state index contributed by atoms with van der Waals surface area (Å²) in [5.74, 6) is 0.568. The van der Waals surface area contributed by atoms with Gasteiger partial charge in [-0.2, -0.15) is 4.98 Å². The highest BCUT2D eigenvalue weighted by molar-refractivity contribution is 7.33. The van der Waals surface area contributed by atoms with Gasteiger partial charge in [0.05, 0.1) is 27.2 Å². The van der Waals surface area contributed by atoms with Crippen LogP contribution in [-0.4, -0.2) is 80.0 Å². The molecule has 3 aromatic carbocycles. The van der Waals surface area contributed by atoms with Gasteiger partial charge in [-0.3, -0.25) is 33.5 Å². The maximum Gasteiger partial charge on any atom is 0.319 e. The first-order chi connectivity index (χ1) is 28.0. The third-order valence-corrected chi connectivity index (χ3v) is 16.3. The highest BCUT2D eigenvalue weighted by atomic mass is 31.1. The van der Waals surface area contributed by atoms with E-state index in [9.17, 15) is 14.2 Å². The predicted octanol–water partition coefficient (Wildman–Crippen LogP) is 7.45. The van der Waals surface area contributed by atoms with Crippen LogP contribution in [-0.2, 0) is 37.9 Å². The number of amides is 1. The monoisotopic (exact) mass is 847 g/mol. The molecular weight excluding hydrogens is 794 g/mol. The number of nitrogens with one attached hydrogen (secondary N) is 2. The molecule has 1 amide bonds. The van der Waals surface area contributed by atoms with Gasteiger partial charge < -0.3 is 27.9 Å². The molecule has 2 aromatic heterocycles. The second kappa shape index (κ2) is 17.9. The molecule has 1 fully saturated rings. The van der Waals surface area contributed by atoms with Crippen molar-refractivity contribution in [2.75, 3.05) is 33.3 Å². The van der Waals surface area contributed by atoms with Gasteiger partial charge in [0.2, 0.25) is 11.9 Å². The Labute approximate surface area is 345 Å². The molecular formula is C42H54N5O10PSi. The standard InChI is InChI=1S/C42H54N5O10PSi/c1-26(2)37(48)45-40-44-36-33(38(49)46-40)43-25-47(36)39-35(56-58(50)53-8)34(57-59(9,10)41(3,4)5)32(55-39)24-54-42(27-14-12-11-13-15-27,28-16-20-30(51-6)21-17-28)29-18-22-31(52-7)23-19-29/h11-23,25-26,32,34-35,39,58H,24H2,1-10H3,(H2,44,45,46,48,49)/t32-,34?,35+,39-/m1/s1. The van der Waals surface area contributed by atoms with Gasteiger partial charge in [0.1, 0.15) is 35.4 Å². The Morgan fingerprint density at radius 2 is 1.49 bits per heavy atom. The maximum atomic E-state index is 13.3. The van der Waals surface area contributed by atoms with E-state index in [1.165, 1.54) is 18.0 Å². The molecule has 15 nitrogen and oxygen atoms in total. The lowest BCUT2D eigenvalue weighted by Crippen LogP contribution is -2.50. The van der Waals surface area contributed by atoms with E-state index in [0.29, 0.717) is 11.5 Å². The molecule has 1 saturated heterocycles. The summed E-state index contributed by atoms with van der Waals surface area (Å²) in [6.45, 7) is 14.0. The number of fused-ring (bicyclic) bond motifs is 1. The molecule has 17 heteroatoms. The zero-order valence-electron chi connectivity index (χ0n) is 35.1. The van der Waals surface area contributed by atoms with Crippen molar-refractivity contribution < 1.29 is 41.8 Å². The molecule has 2 unspecified atom stereocenters. The Bertz CT molecular complexity index is 2250. The average Bonchev–Trinajstić information content (AvgIpc) is 3.79. The highest BCUT2D eigenvalue weighted by Crippen LogP contribution is 2.47. The van der Waals surface area contributed by atoms with Crippen molar-refractivity contribution in [3.05, 3.63) is 112 Å². The summed E-state index contributed by atoms with van der Waals surface area (Å²) in [4.78, 5) is 37.5. The molecule has 59 heavy (non-hydrogen) atoms. The Morgan fingerprint density at radius 1 is 0.915 bits per heavy atom. The Balaban J connectivity index is 1.52. The van der Waals surface area contributed by atoms with Crippen LogP contribution in [0.25, 0.3) is 11.2 Å². The second-order valence-corrected chi connectivity index (χ2v) is 22.0. The first kappa shape index (κ1) is 43.9. The first-order valence-corrected chi connectivity index (χ1v) is 23.5. The summed E-state index contributed by atoms with van der Waals surface area (Å²) in [5, 5.41) is 2.40. The fourth-order valence-electron chi connectivity index (χ4n) is 6.72. The number of aromatic amines is 1. The molecule has 5 atom stereocenters. The van der Waals surface area contributed by atoms with E-state index in [4.69, 9.17) is 32.4 Å². The number of rotatable bonds is 16. The van der Waals surface area contributed by atoms with Crippen molar-refractivity contribution in [3.8, 4) is 11.5 Å². The summed E-state index contributed by atoms with van der Waals surface area (Å²) in [5.41, 5.74) is 0.772. The Hall–Kier alpha value is -4.67. The lowest BCUT2D eigenvalue weighted by atomic mass is 9.80. The number of nitrogens with zero attached hydrogens (tertiary/aromatic N) is 3. The van der Waals surface area contributed by atoms with Crippen LogP contribution >= 0.6 is 8.25 Å². The van der Waals surface area contributed by atoms with Gasteiger partial charge in [0.25, 0.3) is 5.56 Å². The van der Waals surface area contributed by atoms with E-state index < -0.39 is 52.3 Å². The molecule has 0 aliphatic carbocycles. The minimum atomic E-state index is -3.10. The molecule has 0 bridgehead atoms. The number of methoxy groups -OCH3 is 2. The van der Waals surface area contributed by atoms with E-state index >= 15 is 0 Å². The highest BCUT2D eigenvalue weighted by Gasteiger charge is 2.53. The molecule has 0 spiro atoms. The first-order valence-electron chi connectivity index (χ1n) is 19.4. The van der Waals surface area contributed by atoms with Gasteiger partial charge >= 0.3 is 8.25 Å².